The van der Waals surface area contributed by atoms with Crippen molar-refractivity contribution in [3.8, 4) is 5.69 Å². The minimum atomic E-state index is -0.915. The van der Waals surface area contributed by atoms with Crippen LogP contribution in [0.15, 0.2) is 30.7 Å². The van der Waals surface area contributed by atoms with Crippen molar-refractivity contribution in [3.63, 3.8) is 0 Å². The smallest absolute Gasteiger partial charge is 0.339 e. The second kappa shape index (κ2) is 3.69. The van der Waals surface area contributed by atoms with Crippen molar-refractivity contribution in [2.24, 2.45) is 0 Å². The van der Waals surface area contributed by atoms with Gasteiger partial charge in [-0.25, -0.2) is 9.48 Å². The van der Waals surface area contributed by atoms with Crippen molar-refractivity contribution >= 4 is 5.97 Å². The Balaban J connectivity index is 2.14. The van der Waals surface area contributed by atoms with Gasteiger partial charge in [-0.05, 0) is 25.0 Å². The third-order valence-corrected chi connectivity index (χ3v) is 2.89. The fourth-order valence-electron chi connectivity index (χ4n) is 1.96. The molecule has 5 heteroatoms. The van der Waals surface area contributed by atoms with Gasteiger partial charge in [-0.1, -0.05) is 0 Å². The highest BCUT2D eigenvalue weighted by atomic mass is 16.4. The molecule has 1 N–H and O–H groups in total. The Hall–Kier alpha value is -2.17. The van der Waals surface area contributed by atoms with E-state index in [4.69, 9.17) is 5.11 Å². The number of nitrogens with zero attached hydrogens (tertiary/aromatic N) is 3. The van der Waals surface area contributed by atoms with Crippen LogP contribution in [0.3, 0.4) is 0 Å². The Morgan fingerprint density at radius 3 is 2.82 bits per heavy atom. The van der Waals surface area contributed by atoms with Gasteiger partial charge >= 0.3 is 5.97 Å². The molecular formula is C12H11N3O2. The molecular weight excluding hydrogens is 218 g/mol. The number of pyridine rings is 1. The van der Waals surface area contributed by atoms with E-state index in [1.165, 1.54) is 6.20 Å². The van der Waals surface area contributed by atoms with Gasteiger partial charge in [0, 0.05) is 12.1 Å². The summed E-state index contributed by atoms with van der Waals surface area (Å²) in [5.41, 5.74) is 1.91. The van der Waals surface area contributed by atoms with E-state index < -0.39 is 5.97 Å². The van der Waals surface area contributed by atoms with Crippen molar-refractivity contribution in [2.45, 2.75) is 18.8 Å². The molecule has 1 aliphatic rings. The molecule has 0 amide bonds. The second-order valence-corrected chi connectivity index (χ2v) is 4.15. The van der Waals surface area contributed by atoms with Crippen LogP contribution in [0.1, 0.15) is 34.8 Å². The van der Waals surface area contributed by atoms with Gasteiger partial charge in [0.2, 0.25) is 0 Å². The van der Waals surface area contributed by atoms with E-state index in [1.54, 1.807) is 17.1 Å². The summed E-state index contributed by atoms with van der Waals surface area (Å²) in [5, 5.41) is 13.3. The molecule has 86 valence electrons. The summed E-state index contributed by atoms with van der Waals surface area (Å²) in [6.07, 6.45) is 6.86. The molecule has 0 spiro atoms. The molecule has 0 atom stereocenters. The fraction of sp³-hybridized carbons (Fsp3) is 0.250. The van der Waals surface area contributed by atoms with E-state index in [1.807, 2.05) is 12.1 Å². The zero-order chi connectivity index (χ0) is 11.8. The predicted molar refractivity (Wildman–Crippen MR) is 60.3 cm³/mol. The van der Waals surface area contributed by atoms with Gasteiger partial charge in [0.15, 0.2) is 0 Å². The third kappa shape index (κ3) is 1.69. The summed E-state index contributed by atoms with van der Waals surface area (Å²) in [7, 11) is 0. The van der Waals surface area contributed by atoms with Crippen LogP contribution in [-0.2, 0) is 0 Å². The normalized spacial score (nSPS) is 14.8. The third-order valence-electron chi connectivity index (χ3n) is 2.89. The van der Waals surface area contributed by atoms with Crippen LogP contribution in [0, 0.1) is 0 Å². The molecule has 0 unspecified atom stereocenters. The minimum Gasteiger partial charge on any atom is -0.478 e. The molecule has 1 fully saturated rings. The molecule has 2 aromatic heterocycles. The lowest BCUT2D eigenvalue weighted by Crippen LogP contribution is -2.05. The van der Waals surface area contributed by atoms with Crippen LogP contribution < -0.4 is 0 Å². The van der Waals surface area contributed by atoms with Crippen LogP contribution in [0.2, 0.25) is 0 Å². The van der Waals surface area contributed by atoms with Gasteiger partial charge in [0.25, 0.3) is 0 Å². The number of hydrogen-bond donors (Lipinski definition) is 1. The van der Waals surface area contributed by atoms with E-state index >= 15 is 0 Å². The molecule has 2 aromatic rings. The fourth-order valence-corrected chi connectivity index (χ4v) is 1.96. The zero-order valence-corrected chi connectivity index (χ0v) is 9.08. The lowest BCUT2D eigenvalue weighted by atomic mass is 10.2. The number of aromatic carboxylic acids is 1. The summed E-state index contributed by atoms with van der Waals surface area (Å²) < 4.78 is 1.69. The molecule has 0 aromatic carbocycles. The lowest BCUT2D eigenvalue weighted by molar-refractivity contribution is 0.0695. The average Bonchev–Trinajstić information content (AvgIpc) is 3.08. The maximum absolute atomic E-state index is 11.1. The van der Waals surface area contributed by atoms with Gasteiger partial charge < -0.3 is 5.11 Å². The molecule has 1 saturated carbocycles. The Morgan fingerprint density at radius 1 is 1.41 bits per heavy atom. The Labute approximate surface area is 97.7 Å². The van der Waals surface area contributed by atoms with Gasteiger partial charge in [0.05, 0.1) is 23.8 Å². The van der Waals surface area contributed by atoms with Crippen LogP contribution >= 0.6 is 0 Å². The second-order valence-electron chi connectivity index (χ2n) is 4.15. The molecule has 2 heterocycles. The van der Waals surface area contributed by atoms with Gasteiger partial charge in [0.1, 0.15) is 5.56 Å². The number of hydrogen-bond acceptors (Lipinski definition) is 3. The Bertz CT molecular complexity index is 558. The van der Waals surface area contributed by atoms with Crippen molar-refractivity contribution < 1.29 is 9.90 Å². The van der Waals surface area contributed by atoms with Crippen molar-refractivity contribution in [2.75, 3.05) is 0 Å². The predicted octanol–water partition coefficient (Wildman–Crippen LogP) is 1.84. The van der Waals surface area contributed by atoms with Gasteiger partial charge in [-0.2, -0.15) is 5.10 Å². The molecule has 0 bridgehead atoms. The molecule has 1 aliphatic carbocycles. The first-order valence-electron chi connectivity index (χ1n) is 5.49. The largest absolute Gasteiger partial charge is 0.478 e. The quantitative estimate of drug-likeness (QED) is 0.872. The summed E-state index contributed by atoms with van der Waals surface area (Å²) in [5.74, 6) is -0.592. The molecule has 17 heavy (non-hydrogen) atoms. The molecule has 3 rings (SSSR count). The summed E-state index contributed by atoms with van der Waals surface area (Å²) in [4.78, 5) is 15.2. The highest BCUT2D eigenvalue weighted by molar-refractivity contribution is 5.89. The van der Waals surface area contributed by atoms with Crippen molar-refractivity contribution in [1.82, 2.24) is 14.8 Å². The van der Waals surface area contributed by atoms with E-state index in [-0.39, 0.29) is 0 Å². The monoisotopic (exact) mass is 229 g/mol. The van der Waals surface area contributed by atoms with E-state index in [0.717, 1.165) is 24.2 Å². The number of carboxylic acid groups (broad SMARTS) is 1. The van der Waals surface area contributed by atoms with Crippen LogP contribution in [0.25, 0.3) is 5.69 Å². The SMILES string of the molecule is O=C(O)c1cnn(-c2cccnc2)c1C1CC1. The standard InChI is InChI=1S/C12H11N3O2/c16-12(17)10-7-14-15(11(10)8-3-4-8)9-2-1-5-13-6-9/h1-2,5-8H,3-4H2,(H,16,17). The van der Waals surface area contributed by atoms with E-state index in [0.29, 0.717) is 11.5 Å². The maximum atomic E-state index is 11.1. The molecule has 0 radical (unpaired) electrons. The molecule has 5 nitrogen and oxygen atoms in total. The number of aromatic nitrogens is 3. The minimum absolute atomic E-state index is 0.302. The highest BCUT2D eigenvalue weighted by Crippen LogP contribution is 2.42. The van der Waals surface area contributed by atoms with Gasteiger partial charge in [-0.3, -0.25) is 4.98 Å². The van der Waals surface area contributed by atoms with Crippen LogP contribution in [0.4, 0.5) is 0 Å². The van der Waals surface area contributed by atoms with Crippen molar-refractivity contribution in [3.05, 3.63) is 42.0 Å². The number of carbonyl (C=O) groups is 1. The highest BCUT2D eigenvalue weighted by Gasteiger charge is 2.32. The summed E-state index contributed by atoms with van der Waals surface area (Å²) >= 11 is 0. The lowest BCUT2D eigenvalue weighted by Gasteiger charge is -2.06. The molecule has 0 aliphatic heterocycles. The first-order valence-corrected chi connectivity index (χ1v) is 5.49. The number of rotatable bonds is 3. The Kier molecular flexibility index (Phi) is 2.18. The first kappa shape index (κ1) is 10.0. The number of carboxylic acids is 1. The molecule has 0 saturated heterocycles. The maximum Gasteiger partial charge on any atom is 0.339 e. The first-order chi connectivity index (χ1) is 8.27. The zero-order valence-electron chi connectivity index (χ0n) is 9.08. The van der Waals surface area contributed by atoms with Gasteiger partial charge in [-0.15, -0.1) is 0 Å². The topological polar surface area (TPSA) is 68.0 Å². The summed E-state index contributed by atoms with van der Waals surface area (Å²) in [6, 6.07) is 3.69. The summed E-state index contributed by atoms with van der Waals surface area (Å²) in [6.45, 7) is 0. The van der Waals surface area contributed by atoms with E-state index in [2.05, 4.69) is 10.1 Å². The van der Waals surface area contributed by atoms with E-state index in [9.17, 15) is 4.79 Å². The van der Waals surface area contributed by atoms with Crippen LogP contribution in [-0.4, -0.2) is 25.8 Å². The Morgan fingerprint density at radius 2 is 2.24 bits per heavy atom. The van der Waals surface area contributed by atoms with Crippen LogP contribution in [0.5, 0.6) is 0 Å². The average molecular weight is 229 g/mol. The van der Waals surface area contributed by atoms with Crippen molar-refractivity contribution in [1.29, 1.82) is 0 Å².